The maximum atomic E-state index is 12.8. The Labute approximate surface area is 132 Å². The summed E-state index contributed by atoms with van der Waals surface area (Å²) in [6.07, 6.45) is -12.0. The van der Waals surface area contributed by atoms with Crippen LogP contribution in [0, 0.1) is 0 Å². The second kappa shape index (κ2) is 7.37. The van der Waals surface area contributed by atoms with Crippen molar-refractivity contribution in [1.29, 1.82) is 0 Å². The van der Waals surface area contributed by atoms with Gasteiger partial charge in [-0.05, 0) is 19.1 Å². The molecule has 1 aromatic carbocycles. The first-order valence-electron chi connectivity index (χ1n) is 6.40. The first-order chi connectivity index (χ1) is 11.0. The quantitative estimate of drug-likeness (QED) is 0.295. The summed E-state index contributed by atoms with van der Waals surface area (Å²) >= 11 is 0. The highest BCUT2D eigenvalue weighted by molar-refractivity contribution is 6.22. The number of alkyl halides is 6. The zero-order valence-corrected chi connectivity index (χ0v) is 12.1. The second-order valence-corrected chi connectivity index (χ2v) is 4.29. The molecule has 0 heterocycles. The Morgan fingerprint density at radius 2 is 1.50 bits per heavy atom. The fourth-order valence-electron chi connectivity index (χ4n) is 1.67. The number of benzene rings is 1. The maximum Gasteiger partial charge on any atom is 0.422 e. The van der Waals surface area contributed by atoms with Crippen LogP contribution >= 0.6 is 0 Å². The summed E-state index contributed by atoms with van der Waals surface area (Å²) in [5, 5.41) is 1.81. The van der Waals surface area contributed by atoms with Crippen LogP contribution in [0.1, 0.15) is 6.92 Å². The third kappa shape index (κ3) is 5.00. The number of ether oxygens (including phenoxy) is 1. The lowest BCUT2D eigenvalue weighted by Crippen LogP contribution is -2.35. The minimum absolute atomic E-state index is 0.0898. The van der Waals surface area contributed by atoms with Crippen molar-refractivity contribution in [2.75, 3.05) is 11.9 Å². The lowest BCUT2D eigenvalue weighted by molar-refractivity contribution is -0.176. The van der Waals surface area contributed by atoms with Crippen molar-refractivity contribution in [2.45, 2.75) is 19.3 Å². The van der Waals surface area contributed by atoms with E-state index in [1.165, 1.54) is 37.3 Å². The van der Waals surface area contributed by atoms with E-state index in [1.54, 1.807) is 0 Å². The van der Waals surface area contributed by atoms with Gasteiger partial charge in [0.2, 0.25) is 0 Å². The lowest BCUT2D eigenvalue weighted by Gasteiger charge is -2.19. The molecule has 0 spiro atoms. The van der Waals surface area contributed by atoms with Gasteiger partial charge in [-0.1, -0.05) is 18.2 Å². The monoisotopic (exact) mass is 355 g/mol. The van der Waals surface area contributed by atoms with Crippen LogP contribution in [0.3, 0.4) is 0 Å². The van der Waals surface area contributed by atoms with E-state index in [9.17, 15) is 35.9 Å². The average Bonchev–Trinajstić information content (AvgIpc) is 2.43. The van der Waals surface area contributed by atoms with Crippen LogP contribution in [0.5, 0.6) is 0 Å². The van der Waals surface area contributed by atoms with Gasteiger partial charge in [0, 0.05) is 5.69 Å². The Kier molecular flexibility index (Phi) is 5.99. The van der Waals surface area contributed by atoms with Gasteiger partial charge >= 0.3 is 18.3 Å². The fraction of sp³-hybridized carbons (Fsp3) is 0.286. The van der Waals surface area contributed by atoms with E-state index in [-0.39, 0.29) is 5.69 Å². The van der Waals surface area contributed by atoms with E-state index in [0.29, 0.717) is 0 Å². The summed E-state index contributed by atoms with van der Waals surface area (Å²) in [6, 6.07) is 6.73. The number of carbonyl (C=O) groups excluding carboxylic acids is 2. The van der Waals surface area contributed by atoms with Crippen molar-refractivity contribution in [3.63, 3.8) is 0 Å². The topological polar surface area (TPSA) is 55.4 Å². The van der Waals surface area contributed by atoms with Gasteiger partial charge in [0.15, 0.2) is 5.57 Å². The molecule has 0 aliphatic heterocycles. The largest absolute Gasteiger partial charge is 0.462 e. The minimum atomic E-state index is -5.98. The number of allylic oxidation sites excluding steroid dienone is 1. The number of rotatable bonds is 4. The molecule has 1 rings (SSSR count). The molecule has 10 heteroatoms. The molecule has 4 nitrogen and oxygen atoms in total. The third-order valence-corrected chi connectivity index (χ3v) is 2.56. The molecular weight excluding hydrogens is 344 g/mol. The summed E-state index contributed by atoms with van der Waals surface area (Å²) in [7, 11) is 0. The maximum absolute atomic E-state index is 12.8. The Balaban J connectivity index is 3.46. The van der Waals surface area contributed by atoms with Crippen LogP contribution in [0.2, 0.25) is 0 Å². The summed E-state index contributed by atoms with van der Waals surface area (Å²) in [6.45, 7) is 0.662. The molecule has 0 aromatic heterocycles. The summed E-state index contributed by atoms with van der Waals surface area (Å²) in [4.78, 5) is 23.5. The van der Waals surface area contributed by atoms with Crippen molar-refractivity contribution >= 4 is 17.6 Å². The van der Waals surface area contributed by atoms with Crippen LogP contribution in [0.15, 0.2) is 41.5 Å². The van der Waals surface area contributed by atoms with Gasteiger partial charge in [-0.3, -0.25) is 4.79 Å². The number of nitrogens with one attached hydrogen (secondary N) is 1. The van der Waals surface area contributed by atoms with E-state index in [4.69, 9.17) is 0 Å². The van der Waals surface area contributed by atoms with E-state index in [0.717, 1.165) is 0 Å². The molecule has 1 amide bonds. The molecule has 0 radical (unpaired) electrons. The molecule has 0 atom stereocenters. The smallest absolute Gasteiger partial charge is 0.422 e. The normalized spacial score (nSPS) is 11.6. The van der Waals surface area contributed by atoms with Gasteiger partial charge in [-0.2, -0.15) is 26.3 Å². The lowest BCUT2D eigenvalue weighted by atomic mass is 10.1. The average molecular weight is 355 g/mol. The van der Waals surface area contributed by atoms with Crippen molar-refractivity contribution in [2.24, 2.45) is 0 Å². The van der Waals surface area contributed by atoms with Gasteiger partial charge in [-0.25, -0.2) is 4.79 Å². The highest BCUT2D eigenvalue weighted by atomic mass is 19.4. The molecular formula is C14H11F6NO3. The number of carbonyl (C=O) groups is 2. The number of para-hydroxylation sites is 1. The molecule has 132 valence electrons. The summed E-state index contributed by atoms with van der Waals surface area (Å²) in [5.74, 6) is -3.89. The molecule has 0 aliphatic carbocycles. The molecule has 1 aromatic rings. The predicted molar refractivity (Wildman–Crippen MR) is 70.8 cm³/mol. The third-order valence-electron chi connectivity index (χ3n) is 2.56. The zero-order chi connectivity index (χ0) is 18.5. The molecule has 24 heavy (non-hydrogen) atoms. The second-order valence-electron chi connectivity index (χ2n) is 4.29. The number of esters is 1. The predicted octanol–water partition coefficient (Wildman–Crippen LogP) is 3.61. The van der Waals surface area contributed by atoms with Crippen molar-refractivity contribution in [3.8, 4) is 0 Å². The van der Waals surface area contributed by atoms with Gasteiger partial charge in [-0.15, -0.1) is 0 Å². The standard InChI is InChI=1S/C14H11F6NO3/c1-2-24-12(23)9(10(13(15,16)17)14(18,19)20)11(22)21-8-6-4-3-5-7-8/h3-7H,2H2,1H3,(H,21,22). The highest BCUT2D eigenvalue weighted by Crippen LogP contribution is 2.41. The molecule has 0 bridgehead atoms. The fourth-order valence-corrected chi connectivity index (χ4v) is 1.67. The van der Waals surface area contributed by atoms with Crippen LogP contribution in [-0.2, 0) is 14.3 Å². The first kappa shape index (κ1) is 19.5. The van der Waals surface area contributed by atoms with Gasteiger partial charge in [0.1, 0.15) is 5.57 Å². The number of halogens is 6. The molecule has 0 saturated carbocycles. The number of hydrogen-bond donors (Lipinski definition) is 1. The van der Waals surface area contributed by atoms with Gasteiger partial charge in [0.25, 0.3) is 5.91 Å². The van der Waals surface area contributed by atoms with Crippen LogP contribution in [-0.4, -0.2) is 30.8 Å². The highest BCUT2D eigenvalue weighted by Gasteiger charge is 2.55. The van der Waals surface area contributed by atoms with Crippen LogP contribution in [0.25, 0.3) is 0 Å². The number of hydrogen-bond acceptors (Lipinski definition) is 3. The Morgan fingerprint density at radius 1 is 1.00 bits per heavy atom. The van der Waals surface area contributed by atoms with Crippen LogP contribution in [0.4, 0.5) is 32.0 Å². The van der Waals surface area contributed by atoms with E-state index < -0.39 is 42.0 Å². The molecule has 0 fully saturated rings. The minimum Gasteiger partial charge on any atom is -0.462 e. The number of anilines is 1. The summed E-state index contributed by atoms with van der Waals surface area (Å²) < 4.78 is 81.0. The number of amides is 1. The van der Waals surface area contributed by atoms with E-state index in [2.05, 4.69) is 4.74 Å². The van der Waals surface area contributed by atoms with Crippen molar-refractivity contribution in [3.05, 3.63) is 41.5 Å². The van der Waals surface area contributed by atoms with E-state index in [1.807, 2.05) is 5.32 Å². The first-order valence-corrected chi connectivity index (χ1v) is 6.40. The Bertz CT molecular complexity index is 618. The van der Waals surface area contributed by atoms with Gasteiger partial charge < -0.3 is 10.1 Å². The molecule has 0 unspecified atom stereocenters. The summed E-state index contributed by atoms with van der Waals surface area (Å²) in [5.41, 5.74) is -5.46. The van der Waals surface area contributed by atoms with Gasteiger partial charge in [0.05, 0.1) is 6.61 Å². The Morgan fingerprint density at radius 3 is 1.92 bits per heavy atom. The zero-order valence-electron chi connectivity index (χ0n) is 12.1. The molecule has 0 aliphatic rings. The van der Waals surface area contributed by atoms with Crippen LogP contribution < -0.4 is 5.32 Å². The van der Waals surface area contributed by atoms with E-state index >= 15 is 0 Å². The van der Waals surface area contributed by atoms with Crippen molar-refractivity contribution < 1.29 is 40.7 Å². The molecule has 1 N–H and O–H groups in total. The van der Waals surface area contributed by atoms with Crippen molar-refractivity contribution in [1.82, 2.24) is 0 Å². The Hall–Kier alpha value is -2.52. The molecule has 0 saturated heterocycles. The SMILES string of the molecule is CCOC(=O)C(C(=O)Nc1ccccc1)=C(C(F)(F)F)C(F)(F)F.